The predicted molar refractivity (Wildman–Crippen MR) is 112 cm³/mol. The Morgan fingerprint density at radius 1 is 1.25 bits per heavy atom. The molecule has 32 heavy (non-hydrogen) atoms. The Hall–Kier alpha value is -2.27. The first kappa shape index (κ1) is 22.9. The van der Waals surface area contributed by atoms with Gasteiger partial charge in [0.05, 0.1) is 22.6 Å². The van der Waals surface area contributed by atoms with Gasteiger partial charge in [0, 0.05) is 31.0 Å². The molecule has 7 nitrogen and oxygen atoms in total. The summed E-state index contributed by atoms with van der Waals surface area (Å²) in [6.45, 7) is 0.999. The molecule has 0 aliphatic carbocycles. The van der Waals surface area contributed by atoms with Gasteiger partial charge in [-0.3, -0.25) is 4.90 Å². The molecule has 0 spiro atoms. The highest BCUT2D eigenvalue weighted by molar-refractivity contribution is 7.90. The number of nitrogens with zero attached hydrogens (tertiary/aromatic N) is 1. The summed E-state index contributed by atoms with van der Waals surface area (Å²) in [7, 11) is -3.48. The van der Waals surface area contributed by atoms with Gasteiger partial charge in [-0.25, -0.2) is 22.0 Å². The molecular weight excluding hydrogens is 466 g/mol. The molecular formula is C21H21ClF2N2O5S. The molecule has 0 saturated carbocycles. The summed E-state index contributed by atoms with van der Waals surface area (Å²) in [6.07, 6.45) is -0.900. The zero-order valence-corrected chi connectivity index (χ0v) is 18.6. The highest BCUT2D eigenvalue weighted by Crippen LogP contribution is 2.38. The van der Waals surface area contributed by atoms with Crippen molar-refractivity contribution in [3.05, 3.63) is 63.7 Å². The van der Waals surface area contributed by atoms with Crippen LogP contribution in [0.1, 0.15) is 29.2 Å². The van der Waals surface area contributed by atoms with Gasteiger partial charge in [0.2, 0.25) is 0 Å². The molecule has 0 bridgehead atoms. The second-order valence-corrected chi connectivity index (χ2v) is 10.4. The van der Waals surface area contributed by atoms with Crippen molar-refractivity contribution < 1.29 is 31.8 Å². The molecule has 2 aliphatic rings. The molecule has 172 valence electrons. The summed E-state index contributed by atoms with van der Waals surface area (Å²) in [5, 5.41) is 11.8. The van der Waals surface area contributed by atoms with Crippen LogP contribution >= 0.6 is 11.6 Å². The Labute approximate surface area is 188 Å². The summed E-state index contributed by atoms with van der Waals surface area (Å²) in [4.78, 5) is 13.4. The van der Waals surface area contributed by atoms with Crippen LogP contribution < -0.4 is 5.32 Å². The average Bonchev–Trinajstić information content (AvgIpc) is 3.14. The largest absolute Gasteiger partial charge is 0.465 e. The van der Waals surface area contributed by atoms with Gasteiger partial charge in [-0.2, -0.15) is 0 Å². The molecule has 3 atom stereocenters. The number of carbonyl (C=O) groups is 1. The van der Waals surface area contributed by atoms with Crippen molar-refractivity contribution in [2.24, 2.45) is 0 Å². The lowest BCUT2D eigenvalue weighted by Gasteiger charge is -2.40. The van der Waals surface area contributed by atoms with E-state index in [1.54, 1.807) is 6.07 Å². The van der Waals surface area contributed by atoms with Crippen LogP contribution in [0.3, 0.4) is 0 Å². The minimum absolute atomic E-state index is 0.0484. The molecule has 2 aliphatic heterocycles. The van der Waals surface area contributed by atoms with E-state index in [-0.39, 0.29) is 34.6 Å². The molecule has 11 heteroatoms. The average molecular weight is 487 g/mol. The quantitative estimate of drug-likeness (QED) is 0.686. The summed E-state index contributed by atoms with van der Waals surface area (Å²) >= 11 is 6.37. The number of carboxylic acid groups (broad SMARTS) is 1. The third kappa shape index (κ3) is 4.45. The molecule has 0 aromatic heterocycles. The van der Waals surface area contributed by atoms with Gasteiger partial charge in [-0.15, -0.1) is 0 Å². The van der Waals surface area contributed by atoms with E-state index in [1.807, 2.05) is 4.90 Å². The molecule has 1 amide bonds. The molecule has 1 unspecified atom stereocenters. The SMILES string of the molecule is CS(=O)(=O)c1ccc2c(c1Cl)CN([C@H]1COC(c3cc(F)ccc3F)[C@@H](NC(=O)O)C1)C2. The Morgan fingerprint density at radius 3 is 2.69 bits per heavy atom. The van der Waals surface area contributed by atoms with Crippen LogP contribution in [0.4, 0.5) is 13.6 Å². The van der Waals surface area contributed by atoms with E-state index < -0.39 is 39.7 Å². The van der Waals surface area contributed by atoms with Gasteiger partial charge in [0.1, 0.15) is 17.7 Å². The molecule has 0 radical (unpaired) electrons. The van der Waals surface area contributed by atoms with Crippen molar-refractivity contribution in [2.45, 2.75) is 42.6 Å². The smallest absolute Gasteiger partial charge is 0.404 e. The third-order valence-electron chi connectivity index (χ3n) is 5.89. The van der Waals surface area contributed by atoms with Crippen molar-refractivity contribution in [3.8, 4) is 0 Å². The summed E-state index contributed by atoms with van der Waals surface area (Å²) < 4.78 is 57.8. The maximum Gasteiger partial charge on any atom is 0.404 e. The maximum absolute atomic E-state index is 14.3. The fourth-order valence-corrected chi connectivity index (χ4v) is 5.81. The third-order valence-corrected chi connectivity index (χ3v) is 7.57. The second-order valence-electron chi connectivity index (χ2n) is 8.06. The van der Waals surface area contributed by atoms with Crippen LogP contribution in [-0.2, 0) is 27.7 Å². The maximum atomic E-state index is 14.3. The van der Waals surface area contributed by atoms with E-state index in [0.29, 0.717) is 18.7 Å². The number of halogens is 3. The summed E-state index contributed by atoms with van der Waals surface area (Å²) in [5.74, 6) is -1.33. The van der Waals surface area contributed by atoms with Crippen molar-refractivity contribution in [1.82, 2.24) is 10.2 Å². The Kier molecular flexibility index (Phi) is 6.15. The van der Waals surface area contributed by atoms with Crippen LogP contribution in [0.25, 0.3) is 0 Å². The first-order chi connectivity index (χ1) is 15.0. The molecule has 2 aromatic rings. The molecule has 2 aromatic carbocycles. The highest BCUT2D eigenvalue weighted by Gasteiger charge is 2.39. The number of rotatable bonds is 4. The van der Waals surface area contributed by atoms with E-state index >= 15 is 0 Å². The number of fused-ring (bicyclic) bond motifs is 1. The van der Waals surface area contributed by atoms with Crippen LogP contribution in [0.5, 0.6) is 0 Å². The normalized spacial score (nSPS) is 23.7. The van der Waals surface area contributed by atoms with E-state index in [9.17, 15) is 27.1 Å². The standard InChI is InChI=1S/C21H21ClF2N2O5S/c1-32(29,30)18-5-2-11-8-26(9-15(11)19(18)22)13-7-17(25-21(27)28)20(31-10-13)14-6-12(23)3-4-16(14)24/h2-6,13,17,20,25H,7-10H2,1H3,(H,27,28)/t13-,17+,20?/m1/s1. The Bertz CT molecular complexity index is 1180. The summed E-state index contributed by atoms with van der Waals surface area (Å²) in [5.41, 5.74) is 1.53. The molecule has 1 saturated heterocycles. The topological polar surface area (TPSA) is 95.9 Å². The van der Waals surface area contributed by atoms with Crippen molar-refractivity contribution in [2.75, 3.05) is 12.9 Å². The number of hydrogen-bond acceptors (Lipinski definition) is 5. The van der Waals surface area contributed by atoms with E-state index in [0.717, 1.165) is 30.0 Å². The number of hydrogen-bond donors (Lipinski definition) is 2. The molecule has 2 heterocycles. The second kappa shape index (κ2) is 8.58. The predicted octanol–water partition coefficient (Wildman–Crippen LogP) is 3.50. The minimum Gasteiger partial charge on any atom is -0.465 e. The first-order valence-electron chi connectivity index (χ1n) is 9.85. The van der Waals surface area contributed by atoms with Crippen LogP contribution in [0.2, 0.25) is 5.02 Å². The van der Waals surface area contributed by atoms with Gasteiger partial charge in [-0.05, 0) is 41.8 Å². The Balaban J connectivity index is 1.57. The molecule has 2 N–H and O–H groups in total. The molecule has 1 fully saturated rings. The monoisotopic (exact) mass is 486 g/mol. The van der Waals surface area contributed by atoms with E-state index in [1.165, 1.54) is 6.07 Å². The molecule has 4 rings (SSSR count). The lowest BCUT2D eigenvalue weighted by molar-refractivity contribution is -0.0599. The zero-order chi connectivity index (χ0) is 23.2. The lowest BCUT2D eigenvalue weighted by atomic mass is 9.92. The lowest BCUT2D eigenvalue weighted by Crippen LogP contribution is -2.51. The fraction of sp³-hybridized carbons (Fsp3) is 0.381. The van der Waals surface area contributed by atoms with Crippen molar-refractivity contribution in [1.29, 1.82) is 0 Å². The van der Waals surface area contributed by atoms with E-state index in [2.05, 4.69) is 5.32 Å². The van der Waals surface area contributed by atoms with Gasteiger partial charge in [0.25, 0.3) is 0 Å². The van der Waals surface area contributed by atoms with Crippen LogP contribution in [0.15, 0.2) is 35.2 Å². The van der Waals surface area contributed by atoms with Crippen LogP contribution in [-0.4, -0.2) is 49.5 Å². The van der Waals surface area contributed by atoms with Crippen LogP contribution in [0, 0.1) is 11.6 Å². The van der Waals surface area contributed by atoms with Crippen molar-refractivity contribution >= 4 is 27.5 Å². The summed E-state index contributed by atoms with van der Waals surface area (Å²) in [6, 6.07) is 5.12. The van der Waals surface area contributed by atoms with Gasteiger partial charge >= 0.3 is 6.09 Å². The highest BCUT2D eigenvalue weighted by atomic mass is 35.5. The Morgan fingerprint density at radius 2 is 2.00 bits per heavy atom. The fourth-order valence-electron chi connectivity index (χ4n) is 4.38. The minimum atomic E-state index is -3.48. The number of benzene rings is 2. The number of ether oxygens (including phenoxy) is 1. The van der Waals surface area contributed by atoms with Gasteiger partial charge in [-0.1, -0.05) is 17.7 Å². The number of amides is 1. The number of sulfone groups is 1. The van der Waals surface area contributed by atoms with Gasteiger partial charge in [0.15, 0.2) is 9.84 Å². The van der Waals surface area contributed by atoms with Gasteiger partial charge < -0.3 is 15.2 Å². The zero-order valence-electron chi connectivity index (χ0n) is 17.0. The van der Waals surface area contributed by atoms with Crippen molar-refractivity contribution in [3.63, 3.8) is 0 Å². The first-order valence-corrected chi connectivity index (χ1v) is 12.1. The number of nitrogens with one attached hydrogen (secondary N) is 1. The van der Waals surface area contributed by atoms with E-state index in [4.69, 9.17) is 16.3 Å².